The van der Waals surface area contributed by atoms with Crippen molar-refractivity contribution in [3.63, 3.8) is 0 Å². The fraction of sp³-hybridized carbons (Fsp3) is 0.500. The molecule has 0 saturated heterocycles. The molecule has 1 rings (SSSR count). The van der Waals surface area contributed by atoms with E-state index in [1.165, 1.54) is 5.56 Å². The van der Waals surface area contributed by atoms with Crippen molar-refractivity contribution in [2.24, 2.45) is 4.99 Å². The molecule has 1 aromatic rings. The third-order valence-electron chi connectivity index (χ3n) is 2.57. The van der Waals surface area contributed by atoms with Gasteiger partial charge < -0.3 is 8.85 Å². The number of benzene rings is 1. The number of aliphatic imine (C=N–C) groups is 1. The van der Waals surface area contributed by atoms with Gasteiger partial charge in [0.25, 0.3) is 0 Å². The summed E-state index contributed by atoms with van der Waals surface area (Å²) in [6.45, 7) is 5.77. The van der Waals surface area contributed by atoms with Crippen molar-refractivity contribution in [1.82, 2.24) is 0 Å². The third-order valence-corrected chi connectivity index (χ3v) is 4.60. The number of hydrogen-bond acceptors (Lipinski definition) is 4. The van der Waals surface area contributed by atoms with Crippen LogP contribution >= 0.6 is 0 Å². The van der Waals surface area contributed by atoms with E-state index in [9.17, 15) is 4.79 Å². The van der Waals surface area contributed by atoms with Crippen LogP contribution in [0.3, 0.4) is 0 Å². The maximum Gasteiger partial charge on any atom is 0.423 e. The van der Waals surface area contributed by atoms with Gasteiger partial charge in [0.15, 0.2) is 0 Å². The summed E-state index contributed by atoms with van der Waals surface area (Å²) in [5.74, 6) is 0. The van der Waals surface area contributed by atoms with Gasteiger partial charge in [-0.2, -0.15) is 0 Å². The van der Waals surface area contributed by atoms with Crippen molar-refractivity contribution < 1.29 is 13.6 Å². The summed E-state index contributed by atoms with van der Waals surface area (Å²) in [4.78, 5) is 13.6. The maximum absolute atomic E-state index is 10.0. The molecule has 0 spiro atoms. The molecular formula is C14H20NO3Si. The van der Waals surface area contributed by atoms with Gasteiger partial charge in [0.1, 0.15) is 0 Å². The van der Waals surface area contributed by atoms with Gasteiger partial charge in [-0.05, 0) is 37.4 Å². The molecule has 0 bridgehead atoms. The Kier molecular flexibility index (Phi) is 8.01. The number of rotatable bonds is 9. The van der Waals surface area contributed by atoms with Crippen LogP contribution in [0.25, 0.3) is 0 Å². The predicted molar refractivity (Wildman–Crippen MR) is 76.4 cm³/mol. The average molecular weight is 278 g/mol. The molecule has 1 radical (unpaired) electrons. The topological polar surface area (TPSA) is 47.9 Å². The Labute approximate surface area is 116 Å². The number of isocyanates is 1. The van der Waals surface area contributed by atoms with Crippen LogP contribution in [0.4, 0.5) is 0 Å². The van der Waals surface area contributed by atoms with Gasteiger partial charge in [0.05, 0.1) is 6.54 Å². The summed E-state index contributed by atoms with van der Waals surface area (Å²) in [6.07, 6.45) is 3.27. The minimum Gasteiger partial charge on any atom is -0.390 e. The molecule has 0 aliphatic rings. The Hall–Kier alpha value is -1.26. The summed E-state index contributed by atoms with van der Waals surface area (Å²) < 4.78 is 11.5. The fourth-order valence-corrected chi connectivity index (χ4v) is 3.41. The van der Waals surface area contributed by atoms with E-state index in [0.29, 0.717) is 19.8 Å². The monoisotopic (exact) mass is 278 g/mol. The lowest BCUT2D eigenvalue weighted by Gasteiger charge is -2.16. The largest absolute Gasteiger partial charge is 0.423 e. The normalized spacial score (nSPS) is 10.5. The van der Waals surface area contributed by atoms with Gasteiger partial charge in [-0.15, -0.1) is 0 Å². The van der Waals surface area contributed by atoms with Crippen LogP contribution in [0.2, 0.25) is 0 Å². The van der Waals surface area contributed by atoms with Gasteiger partial charge in [-0.3, -0.25) is 0 Å². The zero-order valence-electron chi connectivity index (χ0n) is 11.5. The van der Waals surface area contributed by atoms with Crippen molar-refractivity contribution in [2.45, 2.75) is 26.7 Å². The molecule has 0 atom stereocenters. The first kappa shape index (κ1) is 15.8. The lowest BCUT2D eigenvalue weighted by molar-refractivity contribution is 0.225. The number of hydrogen-bond donors (Lipinski definition) is 0. The van der Waals surface area contributed by atoms with Crippen LogP contribution in [0, 0.1) is 0 Å². The van der Waals surface area contributed by atoms with E-state index in [4.69, 9.17) is 8.85 Å². The molecule has 19 heavy (non-hydrogen) atoms. The van der Waals surface area contributed by atoms with E-state index >= 15 is 0 Å². The Bertz CT molecular complexity index is 413. The summed E-state index contributed by atoms with van der Waals surface area (Å²) in [7, 11) is -1.40. The lowest BCUT2D eigenvalue weighted by Crippen LogP contribution is -2.39. The molecule has 0 aromatic heterocycles. The molecule has 1 aromatic carbocycles. The van der Waals surface area contributed by atoms with Crippen LogP contribution < -0.4 is 5.19 Å². The molecular weight excluding hydrogens is 258 g/mol. The number of aryl methyl sites for hydroxylation is 1. The highest BCUT2D eigenvalue weighted by molar-refractivity contribution is 6.61. The van der Waals surface area contributed by atoms with E-state index < -0.39 is 9.28 Å². The van der Waals surface area contributed by atoms with Gasteiger partial charge >= 0.3 is 9.28 Å². The van der Waals surface area contributed by atoms with Crippen LogP contribution in [-0.4, -0.2) is 35.1 Å². The minimum atomic E-state index is -1.40. The number of carbonyl (C=O) groups excluding carboxylic acids is 1. The lowest BCUT2D eigenvalue weighted by atomic mass is 10.1. The second kappa shape index (κ2) is 9.64. The molecule has 4 nitrogen and oxygen atoms in total. The smallest absolute Gasteiger partial charge is 0.390 e. The average Bonchev–Trinajstić information content (AvgIpc) is 2.44. The molecule has 0 saturated carbocycles. The van der Waals surface area contributed by atoms with Crippen molar-refractivity contribution in [3.05, 3.63) is 29.8 Å². The third kappa shape index (κ3) is 5.49. The standard InChI is InChI=1S/C14H20NO3Si/c1-3-17-19(18-4-2)14-10-6-5-8-13(14)9-7-11-15-12-16/h5-6,8,10H,3-4,7,9,11H2,1-2H3. The molecule has 5 heteroatoms. The van der Waals surface area contributed by atoms with Gasteiger partial charge in [0, 0.05) is 13.2 Å². The molecule has 0 fully saturated rings. The molecule has 0 amide bonds. The fourth-order valence-electron chi connectivity index (χ4n) is 1.79. The molecule has 0 unspecified atom stereocenters. The second-order valence-corrected chi connectivity index (χ2v) is 5.58. The van der Waals surface area contributed by atoms with Gasteiger partial charge in [-0.1, -0.05) is 24.3 Å². The van der Waals surface area contributed by atoms with E-state index in [-0.39, 0.29) is 0 Å². The molecule has 0 aliphatic heterocycles. The quantitative estimate of drug-likeness (QED) is 0.299. The van der Waals surface area contributed by atoms with Crippen LogP contribution in [0.5, 0.6) is 0 Å². The summed E-state index contributed by atoms with van der Waals surface area (Å²) >= 11 is 0. The molecule has 0 N–H and O–H groups in total. The first-order chi connectivity index (χ1) is 9.33. The Morgan fingerprint density at radius 2 is 1.89 bits per heavy atom. The van der Waals surface area contributed by atoms with E-state index in [2.05, 4.69) is 17.1 Å². The van der Waals surface area contributed by atoms with Crippen molar-refractivity contribution in [3.8, 4) is 0 Å². The van der Waals surface area contributed by atoms with Crippen LogP contribution in [0.15, 0.2) is 29.3 Å². The Morgan fingerprint density at radius 3 is 2.53 bits per heavy atom. The zero-order valence-corrected chi connectivity index (χ0v) is 12.5. The minimum absolute atomic E-state index is 0.517. The molecule has 0 aliphatic carbocycles. The SMILES string of the molecule is CCO[Si](OCC)c1ccccc1CCCN=C=O. The summed E-state index contributed by atoms with van der Waals surface area (Å²) in [5, 5.41) is 1.16. The predicted octanol–water partition coefficient (Wildman–Crippen LogP) is 1.72. The van der Waals surface area contributed by atoms with Crippen molar-refractivity contribution in [2.75, 3.05) is 19.8 Å². The van der Waals surface area contributed by atoms with Crippen molar-refractivity contribution >= 4 is 20.6 Å². The van der Waals surface area contributed by atoms with Gasteiger partial charge in [-0.25, -0.2) is 9.79 Å². The van der Waals surface area contributed by atoms with E-state index in [0.717, 1.165) is 18.0 Å². The van der Waals surface area contributed by atoms with Crippen LogP contribution in [0.1, 0.15) is 25.8 Å². The maximum atomic E-state index is 10.0. The highest BCUT2D eigenvalue weighted by Gasteiger charge is 2.20. The second-order valence-electron chi connectivity index (χ2n) is 3.89. The van der Waals surface area contributed by atoms with E-state index in [1.54, 1.807) is 6.08 Å². The first-order valence-corrected chi connectivity index (χ1v) is 7.89. The Morgan fingerprint density at radius 1 is 1.21 bits per heavy atom. The molecule has 0 heterocycles. The first-order valence-electron chi connectivity index (χ1n) is 6.57. The van der Waals surface area contributed by atoms with Crippen molar-refractivity contribution in [1.29, 1.82) is 0 Å². The van der Waals surface area contributed by atoms with Crippen LogP contribution in [-0.2, 0) is 20.1 Å². The number of nitrogens with zero attached hydrogens (tertiary/aromatic N) is 1. The highest BCUT2D eigenvalue weighted by atomic mass is 28.3. The summed E-state index contributed by atoms with van der Waals surface area (Å²) in [6, 6.07) is 8.17. The zero-order chi connectivity index (χ0) is 13.9. The Balaban J connectivity index is 2.76. The van der Waals surface area contributed by atoms with E-state index in [1.807, 2.05) is 26.0 Å². The molecule has 103 valence electrons. The summed E-state index contributed by atoms with van der Waals surface area (Å²) in [5.41, 5.74) is 1.22. The van der Waals surface area contributed by atoms with Gasteiger partial charge in [0.2, 0.25) is 6.08 Å². The highest BCUT2D eigenvalue weighted by Crippen LogP contribution is 2.04.